The van der Waals surface area contributed by atoms with Crippen molar-refractivity contribution in [1.29, 1.82) is 5.26 Å². The number of nitrogens with one attached hydrogen (secondary N) is 2. The van der Waals surface area contributed by atoms with Gasteiger partial charge < -0.3 is 10.6 Å². The highest BCUT2D eigenvalue weighted by Gasteiger charge is 2.14. The Morgan fingerprint density at radius 3 is 2.43 bits per heavy atom. The minimum absolute atomic E-state index is 0.268. The lowest BCUT2D eigenvalue weighted by Crippen LogP contribution is -2.16. The number of nitriles is 1. The predicted octanol–water partition coefficient (Wildman–Crippen LogP) is 4.34. The highest BCUT2D eigenvalue weighted by molar-refractivity contribution is 6.03. The first-order valence-electron chi connectivity index (χ1n) is 9.05. The standard InChI is InChI=1S/C22H21N5O/c1-15(2)14-24-20-12-19(26-21(27-20)17-6-4-3-5-7-17)22(28)25-18-10-8-16(13-23)9-11-18/h3-12,15H,14H2,1-2H3,(H,25,28)(H,24,26,27). The summed E-state index contributed by atoms with van der Waals surface area (Å²) in [5.41, 5.74) is 2.24. The van der Waals surface area contributed by atoms with Crippen LogP contribution in [0.25, 0.3) is 11.4 Å². The molecule has 28 heavy (non-hydrogen) atoms. The van der Waals surface area contributed by atoms with E-state index in [-0.39, 0.29) is 11.6 Å². The van der Waals surface area contributed by atoms with E-state index < -0.39 is 0 Å². The predicted molar refractivity (Wildman–Crippen MR) is 110 cm³/mol. The number of carbonyl (C=O) groups is 1. The Balaban J connectivity index is 1.90. The van der Waals surface area contributed by atoms with Crippen LogP contribution in [0.4, 0.5) is 11.5 Å². The van der Waals surface area contributed by atoms with E-state index in [2.05, 4.69) is 40.5 Å². The van der Waals surface area contributed by atoms with Gasteiger partial charge in [-0.2, -0.15) is 5.26 Å². The lowest BCUT2D eigenvalue weighted by Gasteiger charge is -2.12. The third-order valence-electron chi connectivity index (χ3n) is 3.95. The van der Waals surface area contributed by atoms with E-state index in [1.807, 2.05) is 30.3 Å². The number of aromatic nitrogens is 2. The summed E-state index contributed by atoms with van der Waals surface area (Å²) in [5, 5.41) is 15.0. The zero-order valence-electron chi connectivity index (χ0n) is 15.8. The fourth-order valence-corrected chi connectivity index (χ4v) is 2.50. The smallest absolute Gasteiger partial charge is 0.274 e. The summed E-state index contributed by atoms with van der Waals surface area (Å²) in [6, 6.07) is 19.9. The third-order valence-corrected chi connectivity index (χ3v) is 3.95. The van der Waals surface area contributed by atoms with Crippen LogP contribution >= 0.6 is 0 Å². The molecule has 0 aliphatic carbocycles. The van der Waals surface area contributed by atoms with Crippen LogP contribution in [-0.2, 0) is 0 Å². The van der Waals surface area contributed by atoms with Gasteiger partial charge in [0.1, 0.15) is 11.5 Å². The molecule has 0 aliphatic heterocycles. The van der Waals surface area contributed by atoms with E-state index in [0.717, 1.165) is 12.1 Å². The Kier molecular flexibility index (Phi) is 5.97. The van der Waals surface area contributed by atoms with Gasteiger partial charge in [-0.05, 0) is 30.2 Å². The van der Waals surface area contributed by atoms with Crippen molar-refractivity contribution in [2.75, 3.05) is 17.2 Å². The Bertz CT molecular complexity index is 992. The number of carbonyl (C=O) groups excluding carboxylic acids is 1. The Hall–Kier alpha value is -3.72. The van der Waals surface area contributed by atoms with E-state index in [1.54, 1.807) is 30.3 Å². The normalized spacial score (nSPS) is 10.4. The number of hydrogen-bond donors (Lipinski definition) is 2. The summed E-state index contributed by atoms with van der Waals surface area (Å²) in [4.78, 5) is 21.7. The van der Waals surface area contributed by atoms with Gasteiger partial charge in [-0.25, -0.2) is 9.97 Å². The van der Waals surface area contributed by atoms with Crippen molar-refractivity contribution in [2.24, 2.45) is 5.92 Å². The van der Waals surface area contributed by atoms with Crippen LogP contribution in [-0.4, -0.2) is 22.4 Å². The van der Waals surface area contributed by atoms with E-state index in [4.69, 9.17) is 5.26 Å². The number of amides is 1. The van der Waals surface area contributed by atoms with E-state index in [0.29, 0.717) is 28.8 Å². The zero-order chi connectivity index (χ0) is 19.9. The van der Waals surface area contributed by atoms with Crippen LogP contribution in [0.2, 0.25) is 0 Å². The maximum atomic E-state index is 12.7. The molecule has 0 aliphatic rings. The van der Waals surface area contributed by atoms with Crippen molar-refractivity contribution in [3.8, 4) is 17.5 Å². The average molecular weight is 371 g/mol. The molecule has 3 aromatic rings. The van der Waals surface area contributed by atoms with E-state index in [9.17, 15) is 4.79 Å². The van der Waals surface area contributed by atoms with Gasteiger partial charge in [0.2, 0.25) is 0 Å². The second kappa shape index (κ2) is 8.78. The molecule has 0 fully saturated rings. The second-order valence-electron chi connectivity index (χ2n) is 6.75. The number of rotatable bonds is 6. The quantitative estimate of drug-likeness (QED) is 0.673. The summed E-state index contributed by atoms with van der Waals surface area (Å²) < 4.78 is 0. The average Bonchev–Trinajstić information content (AvgIpc) is 2.73. The van der Waals surface area contributed by atoms with Crippen LogP contribution in [0, 0.1) is 17.2 Å². The second-order valence-corrected chi connectivity index (χ2v) is 6.75. The first-order chi connectivity index (χ1) is 13.5. The molecule has 0 radical (unpaired) electrons. The third kappa shape index (κ3) is 4.92. The lowest BCUT2D eigenvalue weighted by molar-refractivity contribution is 0.102. The zero-order valence-corrected chi connectivity index (χ0v) is 15.8. The molecule has 0 spiro atoms. The minimum atomic E-state index is -0.336. The van der Waals surface area contributed by atoms with Crippen molar-refractivity contribution in [1.82, 2.24) is 9.97 Å². The number of anilines is 2. The molecule has 0 unspecified atom stereocenters. The first kappa shape index (κ1) is 19.1. The maximum Gasteiger partial charge on any atom is 0.274 e. The summed E-state index contributed by atoms with van der Waals surface area (Å²) in [6.45, 7) is 4.94. The molecule has 6 heteroatoms. The summed E-state index contributed by atoms with van der Waals surface area (Å²) in [5.74, 6) is 1.19. The molecule has 2 N–H and O–H groups in total. The number of benzene rings is 2. The van der Waals surface area contributed by atoms with Crippen molar-refractivity contribution >= 4 is 17.4 Å². The fraction of sp³-hybridized carbons (Fsp3) is 0.182. The van der Waals surface area contributed by atoms with Gasteiger partial charge in [-0.1, -0.05) is 44.2 Å². The van der Waals surface area contributed by atoms with Crippen molar-refractivity contribution in [3.05, 3.63) is 71.9 Å². The molecule has 2 aromatic carbocycles. The Labute approximate surface area is 164 Å². The Morgan fingerprint density at radius 2 is 1.79 bits per heavy atom. The highest BCUT2D eigenvalue weighted by atomic mass is 16.1. The van der Waals surface area contributed by atoms with E-state index >= 15 is 0 Å². The van der Waals surface area contributed by atoms with Gasteiger partial charge in [0, 0.05) is 23.9 Å². The van der Waals surface area contributed by atoms with Gasteiger partial charge in [0.15, 0.2) is 5.82 Å². The van der Waals surface area contributed by atoms with Gasteiger partial charge in [0.05, 0.1) is 11.6 Å². The van der Waals surface area contributed by atoms with Crippen LogP contribution in [0.1, 0.15) is 29.9 Å². The molecule has 0 bridgehead atoms. The van der Waals surface area contributed by atoms with Crippen LogP contribution in [0.3, 0.4) is 0 Å². The fourth-order valence-electron chi connectivity index (χ4n) is 2.50. The summed E-state index contributed by atoms with van der Waals surface area (Å²) in [7, 11) is 0. The van der Waals surface area contributed by atoms with Crippen LogP contribution < -0.4 is 10.6 Å². The molecule has 1 aromatic heterocycles. The molecule has 0 saturated heterocycles. The molecule has 1 amide bonds. The largest absolute Gasteiger partial charge is 0.370 e. The summed E-state index contributed by atoms with van der Waals surface area (Å²) in [6.07, 6.45) is 0. The molecule has 3 rings (SSSR count). The molecule has 140 valence electrons. The van der Waals surface area contributed by atoms with Crippen LogP contribution in [0.15, 0.2) is 60.7 Å². The molecule has 6 nitrogen and oxygen atoms in total. The highest BCUT2D eigenvalue weighted by Crippen LogP contribution is 2.19. The number of nitrogens with zero attached hydrogens (tertiary/aromatic N) is 3. The maximum absolute atomic E-state index is 12.7. The van der Waals surface area contributed by atoms with Gasteiger partial charge in [-0.3, -0.25) is 4.79 Å². The first-order valence-corrected chi connectivity index (χ1v) is 9.05. The monoisotopic (exact) mass is 371 g/mol. The molecule has 0 atom stereocenters. The van der Waals surface area contributed by atoms with Gasteiger partial charge in [0.25, 0.3) is 5.91 Å². The molecule has 1 heterocycles. The SMILES string of the molecule is CC(C)CNc1cc(C(=O)Nc2ccc(C#N)cc2)nc(-c2ccccc2)n1. The molecular weight excluding hydrogens is 350 g/mol. The van der Waals surface area contributed by atoms with Crippen molar-refractivity contribution < 1.29 is 4.79 Å². The summed E-state index contributed by atoms with van der Waals surface area (Å²) >= 11 is 0. The lowest BCUT2D eigenvalue weighted by atomic mass is 10.2. The van der Waals surface area contributed by atoms with E-state index in [1.165, 1.54) is 0 Å². The molecule has 0 saturated carbocycles. The van der Waals surface area contributed by atoms with Gasteiger partial charge >= 0.3 is 0 Å². The Morgan fingerprint density at radius 1 is 1.07 bits per heavy atom. The van der Waals surface area contributed by atoms with Crippen molar-refractivity contribution in [3.63, 3.8) is 0 Å². The topological polar surface area (TPSA) is 90.7 Å². The van der Waals surface area contributed by atoms with Gasteiger partial charge in [-0.15, -0.1) is 0 Å². The van der Waals surface area contributed by atoms with Crippen LogP contribution in [0.5, 0.6) is 0 Å². The number of hydrogen-bond acceptors (Lipinski definition) is 5. The minimum Gasteiger partial charge on any atom is -0.370 e. The molecular formula is C22H21N5O. The van der Waals surface area contributed by atoms with Crippen molar-refractivity contribution in [2.45, 2.75) is 13.8 Å².